The molecule has 0 atom stereocenters. The SMILES string of the molecule is C=CCOc1nc(OCC)nc(OCC)n1. The smallest absolute Gasteiger partial charge is 0.326 e. The van der Waals surface area contributed by atoms with Gasteiger partial charge in [0.05, 0.1) is 13.2 Å². The van der Waals surface area contributed by atoms with Crippen LogP contribution in [0.15, 0.2) is 12.7 Å². The van der Waals surface area contributed by atoms with Crippen molar-refractivity contribution in [3.8, 4) is 18.0 Å². The summed E-state index contributed by atoms with van der Waals surface area (Å²) in [7, 11) is 0. The van der Waals surface area contributed by atoms with Gasteiger partial charge in [-0.15, -0.1) is 15.0 Å². The van der Waals surface area contributed by atoms with Crippen LogP contribution < -0.4 is 14.2 Å². The van der Waals surface area contributed by atoms with Crippen molar-refractivity contribution in [2.24, 2.45) is 0 Å². The second-order valence-corrected chi connectivity index (χ2v) is 2.65. The van der Waals surface area contributed by atoms with Crippen LogP contribution in [0.2, 0.25) is 0 Å². The molecule has 1 rings (SSSR count). The Morgan fingerprint density at radius 3 is 1.75 bits per heavy atom. The highest BCUT2D eigenvalue weighted by atomic mass is 16.5. The molecule has 1 heterocycles. The first-order valence-corrected chi connectivity index (χ1v) is 5.05. The van der Waals surface area contributed by atoms with Crippen LogP contribution >= 0.6 is 0 Å². The van der Waals surface area contributed by atoms with Gasteiger partial charge in [-0.1, -0.05) is 12.7 Å². The highest BCUT2D eigenvalue weighted by Gasteiger charge is 2.08. The van der Waals surface area contributed by atoms with Crippen molar-refractivity contribution in [1.82, 2.24) is 15.0 Å². The van der Waals surface area contributed by atoms with E-state index in [1.165, 1.54) is 0 Å². The zero-order valence-corrected chi connectivity index (χ0v) is 9.47. The molecule has 16 heavy (non-hydrogen) atoms. The quantitative estimate of drug-likeness (QED) is 0.650. The molecule has 6 heteroatoms. The maximum absolute atomic E-state index is 5.19. The molecule has 0 N–H and O–H groups in total. The lowest BCUT2D eigenvalue weighted by Gasteiger charge is -2.06. The predicted octanol–water partition coefficient (Wildman–Crippen LogP) is 1.23. The topological polar surface area (TPSA) is 66.4 Å². The number of hydrogen-bond donors (Lipinski definition) is 0. The molecule has 1 aromatic heterocycles. The van der Waals surface area contributed by atoms with E-state index >= 15 is 0 Å². The van der Waals surface area contributed by atoms with Gasteiger partial charge in [0.25, 0.3) is 0 Å². The lowest BCUT2D eigenvalue weighted by Crippen LogP contribution is -2.06. The standard InChI is InChI=1S/C10H15N3O3/c1-4-7-16-10-12-8(14-5-2)11-9(13-10)15-6-3/h4H,1,5-7H2,2-3H3. The first kappa shape index (κ1) is 12.2. The van der Waals surface area contributed by atoms with E-state index in [9.17, 15) is 0 Å². The van der Waals surface area contributed by atoms with E-state index in [0.717, 1.165) is 0 Å². The Balaban J connectivity index is 2.84. The van der Waals surface area contributed by atoms with Crippen molar-refractivity contribution in [3.63, 3.8) is 0 Å². The molecule has 0 aliphatic heterocycles. The van der Waals surface area contributed by atoms with E-state index in [1.54, 1.807) is 6.08 Å². The molecule has 0 aliphatic rings. The third-order valence-corrected chi connectivity index (χ3v) is 1.45. The van der Waals surface area contributed by atoms with Crippen molar-refractivity contribution in [2.45, 2.75) is 13.8 Å². The number of aromatic nitrogens is 3. The lowest BCUT2D eigenvalue weighted by atomic mass is 10.7. The van der Waals surface area contributed by atoms with Gasteiger partial charge in [0.1, 0.15) is 6.61 Å². The zero-order chi connectivity index (χ0) is 11.8. The van der Waals surface area contributed by atoms with Gasteiger partial charge < -0.3 is 14.2 Å². The minimum Gasteiger partial charge on any atom is -0.464 e. The Labute approximate surface area is 94.3 Å². The third-order valence-electron chi connectivity index (χ3n) is 1.45. The van der Waals surface area contributed by atoms with Gasteiger partial charge in [-0.3, -0.25) is 0 Å². The Bertz CT molecular complexity index is 320. The Morgan fingerprint density at radius 1 is 0.938 bits per heavy atom. The summed E-state index contributed by atoms with van der Waals surface area (Å²) in [4.78, 5) is 11.8. The molecule has 0 aliphatic carbocycles. The fourth-order valence-corrected chi connectivity index (χ4v) is 0.906. The van der Waals surface area contributed by atoms with Gasteiger partial charge in [-0.05, 0) is 13.8 Å². The average Bonchev–Trinajstić information content (AvgIpc) is 2.27. The number of hydrogen-bond acceptors (Lipinski definition) is 6. The van der Waals surface area contributed by atoms with Crippen LogP contribution in [0.1, 0.15) is 13.8 Å². The average molecular weight is 225 g/mol. The third kappa shape index (κ3) is 3.72. The van der Waals surface area contributed by atoms with Gasteiger partial charge in [-0.2, -0.15) is 0 Å². The second kappa shape index (κ2) is 6.60. The first-order valence-electron chi connectivity index (χ1n) is 5.05. The summed E-state index contributed by atoms with van der Waals surface area (Å²) in [5, 5.41) is 0. The van der Waals surface area contributed by atoms with Gasteiger partial charge in [0.2, 0.25) is 0 Å². The van der Waals surface area contributed by atoms with Crippen molar-refractivity contribution in [1.29, 1.82) is 0 Å². The first-order chi connectivity index (χ1) is 7.80. The molecule has 88 valence electrons. The predicted molar refractivity (Wildman–Crippen MR) is 57.9 cm³/mol. The Kier molecular flexibility index (Phi) is 5.04. The summed E-state index contributed by atoms with van der Waals surface area (Å²) in [6.45, 7) is 8.48. The summed E-state index contributed by atoms with van der Waals surface area (Å²) < 4.78 is 15.5. The molecule has 6 nitrogen and oxygen atoms in total. The van der Waals surface area contributed by atoms with E-state index in [1.807, 2.05) is 13.8 Å². The molecule has 1 aromatic rings. The zero-order valence-electron chi connectivity index (χ0n) is 9.47. The van der Waals surface area contributed by atoms with Crippen LogP contribution in [0.25, 0.3) is 0 Å². The largest absolute Gasteiger partial charge is 0.464 e. The number of rotatable bonds is 7. The Hall–Kier alpha value is -1.85. The van der Waals surface area contributed by atoms with Gasteiger partial charge in [-0.25, -0.2) is 0 Å². The van der Waals surface area contributed by atoms with Crippen LogP contribution in [0.5, 0.6) is 18.0 Å². The highest BCUT2D eigenvalue weighted by Crippen LogP contribution is 2.14. The summed E-state index contributed by atoms with van der Waals surface area (Å²) in [5.74, 6) is 0. The van der Waals surface area contributed by atoms with Crippen LogP contribution in [0.3, 0.4) is 0 Å². The van der Waals surface area contributed by atoms with E-state index in [4.69, 9.17) is 14.2 Å². The lowest BCUT2D eigenvalue weighted by molar-refractivity contribution is 0.256. The van der Waals surface area contributed by atoms with Crippen molar-refractivity contribution >= 4 is 0 Å². The van der Waals surface area contributed by atoms with Gasteiger partial charge in [0.15, 0.2) is 0 Å². The monoisotopic (exact) mass is 225 g/mol. The summed E-state index contributed by atoms with van der Waals surface area (Å²) in [5.41, 5.74) is 0. The van der Waals surface area contributed by atoms with Crippen molar-refractivity contribution < 1.29 is 14.2 Å². The van der Waals surface area contributed by atoms with E-state index in [0.29, 0.717) is 19.8 Å². The summed E-state index contributed by atoms with van der Waals surface area (Å²) in [6, 6.07) is 0.557. The van der Waals surface area contributed by atoms with Crippen LogP contribution in [0, 0.1) is 0 Å². The summed E-state index contributed by atoms with van der Waals surface area (Å²) >= 11 is 0. The molecule has 0 unspecified atom stereocenters. The fourth-order valence-electron chi connectivity index (χ4n) is 0.906. The second-order valence-electron chi connectivity index (χ2n) is 2.65. The highest BCUT2D eigenvalue weighted by molar-refractivity contribution is 5.09. The maximum Gasteiger partial charge on any atom is 0.326 e. The fraction of sp³-hybridized carbons (Fsp3) is 0.500. The normalized spacial score (nSPS) is 9.62. The molecule has 0 saturated carbocycles. The molecule has 0 radical (unpaired) electrons. The van der Waals surface area contributed by atoms with E-state index < -0.39 is 0 Å². The molecule has 0 bridgehead atoms. The van der Waals surface area contributed by atoms with E-state index in [-0.39, 0.29) is 18.0 Å². The van der Waals surface area contributed by atoms with E-state index in [2.05, 4.69) is 21.5 Å². The minimum absolute atomic E-state index is 0.168. The molecule has 0 fully saturated rings. The maximum atomic E-state index is 5.19. The Morgan fingerprint density at radius 2 is 1.38 bits per heavy atom. The van der Waals surface area contributed by atoms with Crippen LogP contribution in [-0.4, -0.2) is 34.8 Å². The van der Waals surface area contributed by atoms with Gasteiger partial charge in [0, 0.05) is 0 Å². The van der Waals surface area contributed by atoms with Crippen LogP contribution in [-0.2, 0) is 0 Å². The number of ether oxygens (including phenoxy) is 3. The van der Waals surface area contributed by atoms with Gasteiger partial charge >= 0.3 is 18.0 Å². The molecule has 0 spiro atoms. The van der Waals surface area contributed by atoms with Crippen molar-refractivity contribution in [2.75, 3.05) is 19.8 Å². The molecule has 0 aromatic carbocycles. The molecular weight excluding hydrogens is 210 g/mol. The minimum atomic E-state index is 0.168. The molecular formula is C10H15N3O3. The molecule has 0 amide bonds. The number of nitrogens with zero attached hydrogens (tertiary/aromatic N) is 3. The summed E-state index contributed by atoms with van der Waals surface area (Å²) in [6.07, 6.45) is 1.60. The molecule has 0 saturated heterocycles. The van der Waals surface area contributed by atoms with Crippen molar-refractivity contribution in [3.05, 3.63) is 12.7 Å². The van der Waals surface area contributed by atoms with Crippen LogP contribution in [0.4, 0.5) is 0 Å².